The lowest BCUT2D eigenvalue weighted by molar-refractivity contribution is -0.128. The Balaban J connectivity index is 1.68. The number of carbonyl (C=O) groups excluding carboxylic acids is 2. The molecule has 2 amide bonds. The fourth-order valence-electron chi connectivity index (χ4n) is 2.58. The summed E-state index contributed by atoms with van der Waals surface area (Å²) in [5.41, 5.74) is 6.91. The van der Waals surface area contributed by atoms with E-state index in [9.17, 15) is 9.59 Å². The Morgan fingerprint density at radius 1 is 1.25 bits per heavy atom. The first-order valence-corrected chi connectivity index (χ1v) is 8.11. The van der Waals surface area contributed by atoms with E-state index >= 15 is 0 Å². The SMILES string of the molecule is COc1ccc(CNC(=O)CNC(=O)C(N)C2CCOCC2)cc1. The molecule has 0 bridgehead atoms. The molecule has 7 heteroatoms. The van der Waals surface area contributed by atoms with E-state index < -0.39 is 6.04 Å². The third-order valence-electron chi connectivity index (χ3n) is 4.15. The summed E-state index contributed by atoms with van der Waals surface area (Å²) in [5, 5.41) is 5.35. The molecule has 1 aromatic carbocycles. The van der Waals surface area contributed by atoms with E-state index in [0.29, 0.717) is 19.8 Å². The zero-order valence-corrected chi connectivity index (χ0v) is 13.9. The van der Waals surface area contributed by atoms with Crippen molar-refractivity contribution in [2.24, 2.45) is 11.7 Å². The molecule has 0 radical (unpaired) electrons. The first-order valence-electron chi connectivity index (χ1n) is 8.11. The lowest BCUT2D eigenvalue weighted by atomic mass is 9.92. The monoisotopic (exact) mass is 335 g/mol. The highest BCUT2D eigenvalue weighted by molar-refractivity contribution is 5.87. The van der Waals surface area contributed by atoms with Crippen molar-refractivity contribution in [3.8, 4) is 5.75 Å². The summed E-state index contributed by atoms with van der Waals surface area (Å²) in [6.45, 7) is 1.58. The van der Waals surface area contributed by atoms with Gasteiger partial charge in [0.25, 0.3) is 0 Å². The highest BCUT2D eigenvalue weighted by Crippen LogP contribution is 2.17. The Labute approximate surface area is 141 Å². The van der Waals surface area contributed by atoms with Crippen molar-refractivity contribution in [2.75, 3.05) is 26.9 Å². The molecular formula is C17H25N3O4. The lowest BCUT2D eigenvalue weighted by Gasteiger charge is -2.26. The molecule has 1 unspecified atom stereocenters. The van der Waals surface area contributed by atoms with Gasteiger partial charge in [-0.05, 0) is 36.5 Å². The predicted molar refractivity (Wildman–Crippen MR) is 89.4 cm³/mol. The maximum atomic E-state index is 12.0. The molecule has 0 aromatic heterocycles. The molecule has 1 aromatic rings. The molecule has 1 saturated heterocycles. The first-order chi connectivity index (χ1) is 11.6. The van der Waals surface area contributed by atoms with Gasteiger partial charge >= 0.3 is 0 Å². The number of ether oxygens (including phenoxy) is 2. The molecule has 4 N–H and O–H groups in total. The second kappa shape index (κ2) is 9.24. The Hall–Kier alpha value is -2.12. The van der Waals surface area contributed by atoms with Crippen molar-refractivity contribution >= 4 is 11.8 Å². The van der Waals surface area contributed by atoms with Gasteiger partial charge in [0.1, 0.15) is 5.75 Å². The van der Waals surface area contributed by atoms with Gasteiger partial charge in [-0.25, -0.2) is 0 Å². The van der Waals surface area contributed by atoms with Crippen LogP contribution in [0, 0.1) is 5.92 Å². The van der Waals surface area contributed by atoms with Gasteiger partial charge in [-0.1, -0.05) is 12.1 Å². The molecular weight excluding hydrogens is 310 g/mol. The number of hydrogen-bond acceptors (Lipinski definition) is 5. The lowest BCUT2D eigenvalue weighted by Crippen LogP contribution is -2.49. The molecule has 0 aliphatic carbocycles. The van der Waals surface area contributed by atoms with E-state index in [2.05, 4.69) is 10.6 Å². The minimum absolute atomic E-state index is 0.0775. The Morgan fingerprint density at radius 2 is 1.92 bits per heavy atom. The van der Waals surface area contributed by atoms with Crippen LogP contribution in [0.5, 0.6) is 5.75 Å². The minimum atomic E-state index is -0.594. The van der Waals surface area contributed by atoms with Crippen LogP contribution < -0.4 is 21.1 Å². The van der Waals surface area contributed by atoms with Crippen LogP contribution >= 0.6 is 0 Å². The predicted octanol–water partition coefficient (Wildman–Crippen LogP) is 0.182. The normalized spacial score (nSPS) is 16.2. The average Bonchev–Trinajstić information content (AvgIpc) is 2.64. The maximum Gasteiger partial charge on any atom is 0.239 e. The third-order valence-corrected chi connectivity index (χ3v) is 4.15. The van der Waals surface area contributed by atoms with Gasteiger partial charge in [-0.15, -0.1) is 0 Å². The number of methoxy groups -OCH3 is 1. The van der Waals surface area contributed by atoms with Crippen LogP contribution in [0.15, 0.2) is 24.3 Å². The second-order valence-electron chi connectivity index (χ2n) is 5.82. The minimum Gasteiger partial charge on any atom is -0.497 e. The molecule has 0 spiro atoms. The van der Waals surface area contributed by atoms with Crippen LogP contribution in [-0.4, -0.2) is 44.7 Å². The molecule has 7 nitrogen and oxygen atoms in total. The number of carbonyl (C=O) groups is 2. The first kappa shape index (κ1) is 18.2. The summed E-state index contributed by atoms with van der Waals surface area (Å²) < 4.78 is 10.3. The number of benzene rings is 1. The molecule has 1 fully saturated rings. The van der Waals surface area contributed by atoms with Crippen molar-refractivity contribution in [1.82, 2.24) is 10.6 Å². The van der Waals surface area contributed by atoms with Crippen LogP contribution in [-0.2, 0) is 20.9 Å². The smallest absolute Gasteiger partial charge is 0.239 e. The molecule has 24 heavy (non-hydrogen) atoms. The van der Waals surface area contributed by atoms with Gasteiger partial charge in [0, 0.05) is 19.8 Å². The fraction of sp³-hybridized carbons (Fsp3) is 0.529. The summed E-state index contributed by atoms with van der Waals surface area (Å²) in [4.78, 5) is 23.9. The number of amides is 2. The van der Waals surface area contributed by atoms with Crippen molar-refractivity contribution in [3.63, 3.8) is 0 Å². The van der Waals surface area contributed by atoms with Crippen LogP contribution in [0.1, 0.15) is 18.4 Å². The van der Waals surface area contributed by atoms with Gasteiger partial charge in [0.15, 0.2) is 0 Å². The van der Waals surface area contributed by atoms with Crippen LogP contribution in [0.4, 0.5) is 0 Å². The van der Waals surface area contributed by atoms with E-state index in [-0.39, 0.29) is 24.3 Å². The Bertz CT molecular complexity index is 541. The van der Waals surface area contributed by atoms with Gasteiger partial charge in [-0.3, -0.25) is 9.59 Å². The van der Waals surface area contributed by atoms with Crippen molar-refractivity contribution in [1.29, 1.82) is 0 Å². The molecule has 0 saturated carbocycles. The highest BCUT2D eigenvalue weighted by Gasteiger charge is 2.26. The maximum absolute atomic E-state index is 12.0. The summed E-state index contributed by atoms with van der Waals surface area (Å²) in [7, 11) is 1.60. The molecule has 1 aliphatic heterocycles. The largest absolute Gasteiger partial charge is 0.497 e. The summed E-state index contributed by atoms with van der Waals surface area (Å²) >= 11 is 0. The Kier molecular flexibility index (Phi) is 7.02. The highest BCUT2D eigenvalue weighted by atomic mass is 16.5. The topological polar surface area (TPSA) is 103 Å². The zero-order valence-electron chi connectivity index (χ0n) is 13.9. The molecule has 2 rings (SSSR count). The number of nitrogens with two attached hydrogens (primary N) is 1. The van der Waals surface area contributed by atoms with Gasteiger partial charge in [-0.2, -0.15) is 0 Å². The van der Waals surface area contributed by atoms with Crippen LogP contribution in [0.3, 0.4) is 0 Å². The van der Waals surface area contributed by atoms with Gasteiger partial charge in [0.2, 0.25) is 11.8 Å². The number of nitrogens with one attached hydrogen (secondary N) is 2. The van der Waals surface area contributed by atoms with Gasteiger partial charge < -0.3 is 25.8 Å². The number of hydrogen-bond donors (Lipinski definition) is 3. The molecule has 132 valence electrons. The molecule has 1 aliphatic rings. The van der Waals surface area contributed by atoms with Crippen molar-refractivity contribution < 1.29 is 19.1 Å². The molecule has 1 heterocycles. The van der Waals surface area contributed by atoms with E-state index in [4.69, 9.17) is 15.2 Å². The van der Waals surface area contributed by atoms with E-state index in [1.54, 1.807) is 7.11 Å². The third kappa shape index (κ3) is 5.50. The summed E-state index contributed by atoms with van der Waals surface area (Å²) in [5.74, 6) is 0.334. The van der Waals surface area contributed by atoms with Gasteiger partial charge in [0.05, 0.1) is 19.7 Å². The molecule has 1 atom stereocenters. The van der Waals surface area contributed by atoms with Crippen molar-refractivity contribution in [2.45, 2.75) is 25.4 Å². The second-order valence-corrected chi connectivity index (χ2v) is 5.82. The van der Waals surface area contributed by atoms with E-state index in [0.717, 1.165) is 24.2 Å². The zero-order chi connectivity index (χ0) is 17.4. The van der Waals surface area contributed by atoms with E-state index in [1.807, 2.05) is 24.3 Å². The number of rotatable bonds is 7. The van der Waals surface area contributed by atoms with E-state index in [1.165, 1.54) is 0 Å². The van der Waals surface area contributed by atoms with Crippen LogP contribution in [0.25, 0.3) is 0 Å². The quantitative estimate of drug-likeness (QED) is 0.660. The standard InChI is InChI=1S/C17H25N3O4/c1-23-14-4-2-12(3-5-14)10-19-15(21)11-20-17(22)16(18)13-6-8-24-9-7-13/h2-5,13,16H,6-11,18H2,1H3,(H,19,21)(H,20,22). The van der Waals surface area contributed by atoms with Crippen molar-refractivity contribution in [3.05, 3.63) is 29.8 Å². The summed E-state index contributed by atoms with van der Waals surface area (Å²) in [6.07, 6.45) is 1.55. The Morgan fingerprint density at radius 3 is 2.54 bits per heavy atom. The van der Waals surface area contributed by atoms with Crippen LogP contribution in [0.2, 0.25) is 0 Å². The fourth-order valence-corrected chi connectivity index (χ4v) is 2.58. The average molecular weight is 335 g/mol. The summed E-state index contributed by atoms with van der Waals surface area (Å²) in [6, 6.07) is 6.81.